The van der Waals surface area contributed by atoms with E-state index in [1.807, 2.05) is 13.1 Å². The van der Waals surface area contributed by atoms with Crippen LogP contribution < -0.4 is 5.32 Å². The Kier molecular flexibility index (Phi) is 4.01. The van der Waals surface area contributed by atoms with Gasteiger partial charge >= 0.3 is 5.97 Å². The summed E-state index contributed by atoms with van der Waals surface area (Å²) in [5, 5.41) is 12.1. The van der Waals surface area contributed by atoms with Crippen LogP contribution in [0.15, 0.2) is 29.9 Å². The van der Waals surface area contributed by atoms with Crippen LogP contribution in [0.3, 0.4) is 0 Å². The van der Waals surface area contributed by atoms with Crippen molar-refractivity contribution in [2.75, 3.05) is 0 Å². The van der Waals surface area contributed by atoms with E-state index in [9.17, 15) is 4.79 Å². The van der Waals surface area contributed by atoms with E-state index in [0.29, 0.717) is 12.2 Å². The van der Waals surface area contributed by atoms with Gasteiger partial charge in [-0.1, -0.05) is 6.07 Å². The van der Waals surface area contributed by atoms with E-state index in [-0.39, 0.29) is 11.7 Å². The van der Waals surface area contributed by atoms with Crippen LogP contribution in [0, 0.1) is 0 Å². The molecule has 18 heavy (non-hydrogen) atoms. The lowest BCUT2D eigenvalue weighted by atomic mass is 10.2. The quantitative estimate of drug-likeness (QED) is 0.864. The SMILES string of the molecule is CC(NCc1cccc(C(=O)O)n1)c1cncs1. The fourth-order valence-electron chi connectivity index (χ4n) is 1.49. The molecule has 0 fully saturated rings. The van der Waals surface area contributed by atoms with Crippen molar-refractivity contribution in [1.29, 1.82) is 0 Å². The van der Waals surface area contributed by atoms with Crippen molar-refractivity contribution >= 4 is 17.3 Å². The number of hydrogen-bond donors (Lipinski definition) is 2. The molecule has 1 unspecified atom stereocenters. The third-order valence-electron chi connectivity index (χ3n) is 2.49. The Labute approximate surface area is 109 Å². The highest BCUT2D eigenvalue weighted by Crippen LogP contribution is 2.16. The van der Waals surface area contributed by atoms with Crippen LogP contribution in [0.4, 0.5) is 0 Å². The molecular formula is C12H13N3O2S. The van der Waals surface area contributed by atoms with Crippen LogP contribution in [0.1, 0.15) is 34.0 Å². The van der Waals surface area contributed by atoms with Gasteiger partial charge in [-0.05, 0) is 19.1 Å². The highest BCUT2D eigenvalue weighted by atomic mass is 32.1. The molecule has 2 aromatic rings. The van der Waals surface area contributed by atoms with Gasteiger partial charge in [-0.15, -0.1) is 11.3 Å². The van der Waals surface area contributed by atoms with Crippen molar-refractivity contribution in [3.63, 3.8) is 0 Å². The van der Waals surface area contributed by atoms with Crippen LogP contribution in [-0.4, -0.2) is 21.0 Å². The zero-order chi connectivity index (χ0) is 13.0. The van der Waals surface area contributed by atoms with E-state index in [1.54, 1.807) is 29.0 Å². The first-order chi connectivity index (χ1) is 8.66. The molecule has 0 amide bonds. The molecule has 1 atom stereocenters. The molecule has 2 aromatic heterocycles. The zero-order valence-electron chi connectivity index (χ0n) is 9.83. The summed E-state index contributed by atoms with van der Waals surface area (Å²) in [6.45, 7) is 2.56. The van der Waals surface area contributed by atoms with Gasteiger partial charge < -0.3 is 10.4 Å². The molecule has 0 aliphatic carbocycles. The maximum absolute atomic E-state index is 10.8. The highest BCUT2D eigenvalue weighted by Gasteiger charge is 2.08. The molecule has 0 aliphatic rings. The normalized spacial score (nSPS) is 12.3. The van der Waals surface area contributed by atoms with E-state index >= 15 is 0 Å². The molecule has 5 nitrogen and oxygen atoms in total. The monoisotopic (exact) mass is 263 g/mol. The summed E-state index contributed by atoms with van der Waals surface area (Å²) in [7, 11) is 0. The van der Waals surface area contributed by atoms with E-state index < -0.39 is 5.97 Å². The number of aromatic carboxylic acids is 1. The average Bonchev–Trinajstić information content (AvgIpc) is 2.90. The summed E-state index contributed by atoms with van der Waals surface area (Å²) >= 11 is 1.59. The van der Waals surface area contributed by atoms with Crippen molar-refractivity contribution in [3.05, 3.63) is 46.2 Å². The van der Waals surface area contributed by atoms with Crippen LogP contribution in [0.2, 0.25) is 0 Å². The van der Waals surface area contributed by atoms with Crippen molar-refractivity contribution in [1.82, 2.24) is 15.3 Å². The summed E-state index contributed by atoms with van der Waals surface area (Å²) in [5.41, 5.74) is 2.57. The average molecular weight is 263 g/mol. The molecule has 0 radical (unpaired) electrons. The second kappa shape index (κ2) is 5.70. The van der Waals surface area contributed by atoms with Gasteiger partial charge in [0.15, 0.2) is 0 Å². The first kappa shape index (κ1) is 12.7. The molecular weight excluding hydrogens is 250 g/mol. The molecule has 0 saturated carbocycles. The largest absolute Gasteiger partial charge is 0.477 e. The number of pyridine rings is 1. The highest BCUT2D eigenvalue weighted by molar-refractivity contribution is 7.09. The van der Waals surface area contributed by atoms with Gasteiger partial charge in [0.1, 0.15) is 5.69 Å². The van der Waals surface area contributed by atoms with Gasteiger partial charge in [-0.2, -0.15) is 0 Å². The topological polar surface area (TPSA) is 75.1 Å². The van der Waals surface area contributed by atoms with Crippen molar-refractivity contribution < 1.29 is 9.90 Å². The van der Waals surface area contributed by atoms with Gasteiger partial charge in [0.05, 0.1) is 11.2 Å². The lowest BCUT2D eigenvalue weighted by Crippen LogP contribution is -2.18. The molecule has 0 aromatic carbocycles. The van der Waals surface area contributed by atoms with Crippen LogP contribution in [0.5, 0.6) is 0 Å². The third kappa shape index (κ3) is 3.12. The van der Waals surface area contributed by atoms with Crippen LogP contribution in [-0.2, 0) is 6.54 Å². The number of thiazole rings is 1. The number of aromatic nitrogens is 2. The maximum Gasteiger partial charge on any atom is 0.354 e. The number of carboxylic acid groups (broad SMARTS) is 1. The molecule has 2 N–H and O–H groups in total. The number of nitrogens with zero attached hydrogens (tertiary/aromatic N) is 2. The molecule has 0 bridgehead atoms. The second-order valence-electron chi connectivity index (χ2n) is 3.83. The standard InChI is InChI=1S/C12H13N3O2S/c1-8(11-6-13-7-18-11)14-5-9-3-2-4-10(15-9)12(16)17/h2-4,6-8,14H,5H2,1H3,(H,16,17). The second-order valence-corrected chi connectivity index (χ2v) is 4.74. The zero-order valence-corrected chi connectivity index (χ0v) is 10.6. The Hall–Kier alpha value is -1.79. The summed E-state index contributed by atoms with van der Waals surface area (Å²) in [6, 6.07) is 5.16. The molecule has 2 heterocycles. The third-order valence-corrected chi connectivity index (χ3v) is 3.45. The van der Waals surface area contributed by atoms with Crippen LogP contribution in [0.25, 0.3) is 0 Å². The summed E-state index contributed by atoms with van der Waals surface area (Å²) in [4.78, 5) is 20.0. The smallest absolute Gasteiger partial charge is 0.354 e. The number of nitrogens with one attached hydrogen (secondary N) is 1. The van der Waals surface area contributed by atoms with E-state index in [2.05, 4.69) is 15.3 Å². The van der Waals surface area contributed by atoms with Crippen LogP contribution >= 0.6 is 11.3 Å². The number of rotatable bonds is 5. The lowest BCUT2D eigenvalue weighted by Gasteiger charge is -2.11. The molecule has 6 heteroatoms. The molecule has 0 saturated heterocycles. The van der Waals surface area contributed by atoms with E-state index in [0.717, 1.165) is 4.88 Å². The molecule has 0 aliphatic heterocycles. The summed E-state index contributed by atoms with van der Waals surface area (Å²) in [5.74, 6) is -1.01. The number of carbonyl (C=O) groups is 1. The van der Waals surface area contributed by atoms with E-state index in [4.69, 9.17) is 5.11 Å². The summed E-state index contributed by atoms with van der Waals surface area (Å²) in [6.07, 6.45) is 1.82. The Morgan fingerprint density at radius 2 is 2.39 bits per heavy atom. The first-order valence-electron chi connectivity index (χ1n) is 5.48. The van der Waals surface area contributed by atoms with Gasteiger partial charge in [0.25, 0.3) is 0 Å². The van der Waals surface area contributed by atoms with Gasteiger partial charge in [0, 0.05) is 23.7 Å². The molecule has 0 spiro atoms. The Morgan fingerprint density at radius 1 is 1.56 bits per heavy atom. The number of hydrogen-bond acceptors (Lipinski definition) is 5. The Morgan fingerprint density at radius 3 is 3.06 bits per heavy atom. The predicted octanol–water partition coefficient (Wildman–Crippen LogP) is 2.09. The van der Waals surface area contributed by atoms with Crippen molar-refractivity contribution in [2.24, 2.45) is 0 Å². The summed E-state index contributed by atoms with van der Waals surface area (Å²) < 4.78 is 0. The first-order valence-corrected chi connectivity index (χ1v) is 6.36. The Balaban J connectivity index is 1.98. The lowest BCUT2D eigenvalue weighted by molar-refractivity contribution is 0.0690. The Bertz CT molecular complexity index is 528. The minimum absolute atomic E-state index is 0.0692. The predicted molar refractivity (Wildman–Crippen MR) is 68.6 cm³/mol. The molecule has 2 rings (SSSR count). The van der Waals surface area contributed by atoms with Crippen molar-refractivity contribution in [3.8, 4) is 0 Å². The fraction of sp³-hybridized carbons (Fsp3) is 0.250. The minimum atomic E-state index is -1.01. The minimum Gasteiger partial charge on any atom is -0.477 e. The van der Waals surface area contributed by atoms with Crippen molar-refractivity contribution in [2.45, 2.75) is 19.5 Å². The van der Waals surface area contributed by atoms with Gasteiger partial charge in [-0.3, -0.25) is 4.98 Å². The van der Waals surface area contributed by atoms with E-state index in [1.165, 1.54) is 6.07 Å². The molecule has 94 valence electrons. The number of carboxylic acids is 1. The maximum atomic E-state index is 10.8. The fourth-order valence-corrected chi connectivity index (χ4v) is 2.15. The van der Waals surface area contributed by atoms with Gasteiger partial charge in [-0.25, -0.2) is 9.78 Å². The van der Waals surface area contributed by atoms with Gasteiger partial charge in [0.2, 0.25) is 0 Å².